The molecule has 2 aromatic carbocycles. The summed E-state index contributed by atoms with van der Waals surface area (Å²) in [5.74, 6) is 1.39. The zero-order valence-corrected chi connectivity index (χ0v) is 16.5. The second-order valence-electron chi connectivity index (χ2n) is 6.43. The lowest BCUT2D eigenvalue weighted by molar-refractivity contribution is 0.142. The van der Waals surface area contributed by atoms with E-state index in [0.717, 1.165) is 23.1 Å². The molecule has 27 heavy (non-hydrogen) atoms. The van der Waals surface area contributed by atoms with Gasteiger partial charge in [-0.05, 0) is 24.7 Å². The molecule has 5 nitrogen and oxygen atoms in total. The number of aliphatic hydroxyl groups is 1. The summed E-state index contributed by atoms with van der Waals surface area (Å²) in [6.07, 6.45) is 3.26. The molecule has 0 aliphatic rings. The Labute approximate surface area is 164 Å². The molecule has 0 aliphatic heterocycles. The number of likely N-dealkylation sites (N-methyl/N-ethyl adjacent to an activating group) is 1. The van der Waals surface area contributed by atoms with Gasteiger partial charge in [0.05, 0.1) is 18.9 Å². The number of nitrogens with zero attached hydrogens (tertiary/aromatic N) is 3. The molecule has 0 radical (unpaired) electrons. The highest BCUT2D eigenvalue weighted by atomic mass is 32.2. The van der Waals surface area contributed by atoms with Gasteiger partial charge in [-0.2, -0.15) is 0 Å². The second kappa shape index (κ2) is 9.60. The maximum Gasteiger partial charge on any atom is 0.172 e. The Balaban J connectivity index is 1.55. The van der Waals surface area contributed by atoms with Crippen molar-refractivity contribution in [3.63, 3.8) is 0 Å². The van der Waals surface area contributed by atoms with E-state index in [1.165, 1.54) is 5.56 Å². The van der Waals surface area contributed by atoms with Gasteiger partial charge in [-0.3, -0.25) is 9.47 Å². The van der Waals surface area contributed by atoms with Crippen molar-refractivity contribution in [2.45, 2.75) is 17.8 Å². The SMILES string of the molecule is COc1cccc(-n2ccnc2SCC(O)CN(C)Cc2ccccc2)c1. The molecule has 1 N–H and O–H groups in total. The van der Waals surface area contributed by atoms with Crippen molar-refractivity contribution in [3.8, 4) is 11.4 Å². The first kappa shape index (κ1) is 19.5. The van der Waals surface area contributed by atoms with Crippen LogP contribution in [0.15, 0.2) is 72.1 Å². The van der Waals surface area contributed by atoms with Crippen molar-refractivity contribution >= 4 is 11.8 Å². The average Bonchev–Trinajstić information content (AvgIpc) is 3.16. The van der Waals surface area contributed by atoms with E-state index in [4.69, 9.17) is 4.74 Å². The number of hydrogen-bond donors (Lipinski definition) is 1. The molecule has 0 saturated carbocycles. The van der Waals surface area contributed by atoms with E-state index in [1.54, 1.807) is 25.1 Å². The molecule has 1 atom stereocenters. The van der Waals surface area contributed by atoms with Crippen LogP contribution < -0.4 is 4.74 Å². The Morgan fingerprint density at radius 2 is 2.00 bits per heavy atom. The molecule has 0 bridgehead atoms. The molecular weight excluding hydrogens is 358 g/mol. The number of aromatic nitrogens is 2. The number of aliphatic hydroxyl groups excluding tert-OH is 1. The lowest BCUT2D eigenvalue weighted by Crippen LogP contribution is -2.30. The molecule has 6 heteroatoms. The van der Waals surface area contributed by atoms with Crippen LogP contribution in [0.25, 0.3) is 5.69 Å². The largest absolute Gasteiger partial charge is 0.497 e. The summed E-state index contributed by atoms with van der Waals surface area (Å²) in [6.45, 7) is 1.43. The average molecular weight is 384 g/mol. The standard InChI is InChI=1S/C21H25N3O2S/c1-23(14-17-7-4-3-5-8-17)15-19(25)16-27-21-22-11-12-24(21)18-9-6-10-20(13-18)26-2/h3-13,19,25H,14-16H2,1-2H3. The van der Waals surface area contributed by atoms with E-state index in [2.05, 4.69) is 22.0 Å². The number of ether oxygens (including phenoxy) is 1. The summed E-state index contributed by atoms with van der Waals surface area (Å²) in [4.78, 5) is 6.56. The van der Waals surface area contributed by atoms with Crippen molar-refractivity contribution < 1.29 is 9.84 Å². The van der Waals surface area contributed by atoms with Gasteiger partial charge in [0.15, 0.2) is 5.16 Å². The Hall–Kier alpha value is -2.28. The molecule has 0 spiro atoms. The molecule has 0 saturated heterocycles. The fourth-order valence-electron chi connectivity index (χ4n) is 2.90. The Morgan fingerprint density at radius 3 is 2.78 bits per heavy atom. The van der Waals surface area contributed by atoms with Crippen molar-refractivity contribution in [3.05, 3.63) is 72.6 Å². The van der Waals surface area contributed by atoms with Crippen molar-refractivity contribution in [1.82, 2.24) is 14.5 Å². The highest BCUT2D eigenvalue weighted by Crippen LogP contribution is 2.23. The molecule has 0 aliphatic carbocycles. The minimum Gasteiger partial charge on any atom is -0.497 e. The van der Waals surface area contributed by atoms with Gasteiger partial charge in [-0.15, -0.1) is 0 Å². The van der Waals surface area contributed by atoms with Crippen molar-refractivity contribution in [1.29, 1.82) is 0 Å². The van der Waals surface area contributed by atoms with Gasteiger partial charge in [0.25, 0.3) is 0 Å². The van der Waals surface area contributed by atoms with E-state index in [9.17, 15) is 5.11 Å². The van der Waals surface area contributed by atoms with Gasteiger partial charge in [0.2, 0.25) is 0 Å². The topological polar surface area (TPSA) is 50.5 Å². The van der Waals surface area contributed by atoms with E-state index in [1.807, 2.05) is 60.3 Å². The van der Waals surface area contributed by atoms with Crippen LogP contribution in [0, 0.1) is 0 Å². The summed E-state index contributed by atoms with van der Waals surface area (Å²) < 4.78 is 7.31. The van der Waals surface area contributed by atoms with Crippen molar-refractivity contribution in [2.24, 2.45) is 0 Å². The first-order valence-corrected chi connectivity index (χ1v) is 9.85. The van der Waals surface area contributed by atoms with Crippen LogP contribution in [-0.4, -0.2) is 52.1 Å². The number of hydrogen-bond acceptors (Lipinski definition) is 5. The normalized spacial score (nSPS) is 12.3. The number of methoxy groups -OCH3 is 1. The number of thioether (sulfide) groups is 1. The van der Waals surface area contributed by atoms with Crippen molar-refractivity contribution in [2.75, 3.05) is 26.5 Å². The third-order valence-electron chi connectivity index (χ3n) is 4.16. The first-order valence-electron chi connectivity index (χ1n) is 8.87. The highest BCUT2D eigenvalue weighted by molar-refractivity contribution is 7.99. The van der Waals surface area contributed by atoms with Crippen LogP contribution in [-0.2, 0) is 6.54 Å². The fraction of sp³-hybridized carbons (Fsp3) is 0.286. The predicted octanol–water partition coefficient (Wildman–Crippen LogP) is 3.47. The van der Waals surface area contributed by atoms with Gasteiger partial charge >= 0.3 is 0 Å². The molecule has 3 aromatic rings. The summed E-state index contributed by atoms with van der Waals surface area (Å²) in [5, 5.41) is 11.3. The summed E-state index contributed by atoms with van der Waals surface area (Å²) in [7, 11) is 3.68. The molecular formula is C21H25N3O2S. The second-order valence-corrected chi connectivity index (χ2v) is 7.42. The third-order valence-corrected chi connectivity index (χ3v) is 5.27. The van der Waals surface area contributed by atoms with Gasteiger partial charge in [0, 0.05) is 37.3 Å². The van der Waals surface area contributed by atoms with Crippen LogP contribution in [0.2, 0.25) is 0 Å². The number of imidazole rings is 1. The zero-order chi connectivity index (χ0) is 19.1. The first-order chi connectivity index (χ1) is 13.2. The Kier molecular flexibility index (Phi) is 6.92. The molecule has 0 amide bonds. The summed E-state index contributed by atoms with van der Waals surface area (Å²) >= 11 is 1.55. The minimum atomic E-state index is -0.431. The maximum absolute atomic E-state index is 10.4. The monoisotopic (exact) mass is 383 g/mol. The minimum absolute atomic E-state index is 0.431. The van der Waals surface area contributed by atoms with E-state index in [-0.39, 0.29) is 0 Å². The van der Waals surface area contributed by atoms with Crippen LogP contribution in [0.5, 0.6) is 5.75 Å². The van der Waals surface area contributed by atoms with Gasteiger partial charge in [-0.25, -0.2) is 4.98 Å². The molecule has 1 heterocycles. The smallest absolute Gasteiger partial charge is 0.172 e. The molecule has 0 fully saturated rings. The maximum atomic E-state index is 10.4. The fourth-order valence-corrected chi connectivity index (χ4v) is 3.78. The van der Waals surface area contributed by atoms with E-state index < -0.39 is 6.10 Å². The lowest BCUT2D eigenvalue weighted by Gasteiger charge is -2.20. The van der Waals surface area contributed by atoms with Crippen LogP contribution in [0.3, 0.4) is 0 Å². The Morgan fingerprint density at radius 1 is 1.19 bits per heavy atom. The summed E-state index contributed by atoms with van der Waals surface area (Å²) in [6, 6.07) is 18.1. The molecule has 1 unspecified atom stereocenters. The molecule has 142 valence electrons. The van der Waals surface area contributed by atoms with Gasteiger partial charge < -0.3 is 9.84 Å². The number of benzene rings is 2. The summed E-state index contributed by atoms with van der Waals surface area (Å²) in [5.41, 5.74) is 2.23. The van der Waals surface area contributed by atoms with E-state index >= 15 is 0 Å². The number of rotatable bonds is 9. The van der Waals surface area contributed by atoms with Crippen LogP contribution in [0.4, 0.5) is 0 Å². The molecule has 3 rings (SSSR count). The van der Waals surface area contributed by atoms with E-state index in [0.29, 0.717) is 12.3 Å². The Bertz CT molecular complexity index is 838. The van der Waals surface area contributed by atoms with Gasteiger partial charge in [-0.1, -0.05) is 48.2 Å². The third kappa shape index (κ3) is 5.60. The molecule has 1 aromatic heterocycles. The quantitative estimate of drug-likeness (QED) is 0.574. The zero-order valence-electron chi connectivity index (χ0n) is 15.7. The highest BCUT2D eigenvalue weighted by Gasteiger charge is 2.12. The van der Waals surface area contributed by atoms with Crippen LogP contribution in [0.1, 0.15) is 5.56 Å². The lowest BCUT2D eigenvalue weighted by atomic mass is 10.2. The van der Waals surface area contributed by atoms with Gasteiger partial charge in [0.1, 0.15) is 5.75 Å². The predicted molar refractivity (Wildman–Crippen MR) is 110 cm³/mol. The van der Waals surface area contributed by atoms with Crippen LogP contribution >= 0.6 is 11.8 Å².